The maximum atomic E-state index is 13.5. The van der Waals surface area contributed by atoms with Crippen LogP contribution >= 0.6 is 11.8 Å². The van der Waals surface area contributed by atoms with E-state index in [4.69, 9.17) is 4.42 Å². The summed E-state index contributed by atoms with van der Waals surface area (Å²) < 4.78 is 18.5. The molecule has 3 N–H and O–H groups in total. The van der Waals surface area contributed by atoms with Gasteiger partial charge >= 0.3 is 0 Å². The number of hydrogen-bond donors (Lipinski definition) is 3. The summed E-state index contributed by atoms with van der Waals surface area (Å²) in [5.41, 5.74) is 1.57. The van der Waals surface area contributed by atoms with Crippen molar-refractivity contribution in [2.75, 3.05) is 22.1 Å². The second-order valence-corrected chi connectivity index (χ2v) is 7.41. The van der Waals surface area contributed by atoms with Crippen molar-refractivity contribution in [1.29, 1.82) is 0 Å². The van der Waals surface area contributed by atoms with Gasteiger partial charge in [0.25, 0.3) is 5.91 Å². The van der Waals surface area contributed by atoms with E-state index < -0.39 is 5.82 Å². The molecule has 2 aromatic carbocycles. The van der Waals surface area contributed by atoms with Crippen LogP contribution in [0.15, 0.2) is 71.3 Å². The molecule has 0 saturated heterocycles. The summed E-state index contributed by atoms with van der Waals surface area (Å²) >= 11 is 1.13. The van der Waals surface area contributed by atoms with E-state index in [0.29, 0.717) is 12.2 Å². The highest BCUT2D eigenvalue weighted by atomic mass is 32.2. The Morgan fingerprint density at radius 1 is 0.871 bits per heavy atom. The zero-order valence-electron chi connectivity index (χ0n) is 16.4. The van der Waals surface area contributed by atoms with Crippen molar-refractivity contribution in [3.05, 3.63) is 84.1 Å². The highest BCUT2D eigenvalue weighted by Crippen LogP contribution is 2.14. The SMILES string of the molecule is O=C(CSCC(=O)Nc1ccccc1F)NCc1ccc(NC(=O)c2ccco2)cc1. The summed E-state index contributed by atoms with van der Waals surface area (Å²) in [7, 11) is 0. The van der Waals surface area contributed by atoms with Crippen molar-refractivity contribution in [1.82, 2.24) is 5.32 Å². The number of thioether (sulfide) groups is 1. The molecule has 0 radical (unpaired) electrons. The van der Waals surface area contributed by atoms with Crippen molar-refractivity contribution in [3.8, 4) is 0 Å². The Labute approximate surface area is 182 Å². The Morgan fingerprint density at radius 2 is 1.61 bits per heavy atom. The lowest BCUT2D eigenvalue weighted by atomic mass is 10.2. The molecule has 0 saturated carbocycles. The molecule has 3 amide bonds. The van der Waals surface area contributed by atoms with Crippen LogP contribution < -0.4 is 16.0 Å². The summed E-state index contributed by atoms with van der Waals surface area (Å²) in [6.07, 6.45) is 1.43. The maximum absolute atomic E-state index is 13.5. The predicted molar refractivity (Wildman–Crippen MR) is 117 cm³/mol. The number of rotatable bonds is 9. The van der Waals surface area contributed by atoms with Gasteiger partial charge < -0.3 is 20.4 Å². The predicted octanol–water partition coefficient (Wildman–Crippen LogP) is 3.66. The topological polar surface area (TPSA) is 100 Å². The van der Waals surface area contributed by atoms with E-state index in [0.717, 1.165) is 17.3 Å². The zero-order valence-corrected chi connectivity index (χ0v) is 17.2. The van der Waals surface area contributed by atoms with E-state index in [1.165, 1.54) is 24.5 Å². The van der Waals surface area contributed by atoms with Gasteiger partial charge in [0.2, 0.25) is 11.8 Å². The minimum absolute atomic E-state index is 0.0335. The van der Waals surface area contributed by atoms with Crippen LogP contribution in [0.1, 0.15) is 16.1 Å². The first-order chi connectivity index (χ1) is 15.0. The number of amides is 3. The molecule has 0 aliphatic carbocycles. The Hall–Kier alpha value is -3.59. The largest absolute Gasteiger partial charge is 0.459 e. The van der Waals surface area contributed by atoms with Crippen LogP contribution in [0.5, 0.6) is 0 Å². The molecule has 0 unspecified atom stereocenters. The van der Waals surface area contributed by atoms with Gasteiger partial charge in [0.1, 0.15) is 5.82 Å². The van der Waals surface area contributed by atoms with Gasteiger partial charge in [-0.25, -0.2) is 4.39 Å². The Bertz CT molecular complexity index is 1040. The first-order valence-corrected chi connectivity index (χ1v) is 10.5. The molecule has 0 aliphatic rings. The number of halogens is 1. The second kappa shape index (κ2) is 11.0. The van der Waals surface area contributed by atoms with E-state index in [1.807, 2.05) is 0 Å². The molecule has 7 nitrogen and oxygen atoms in total. The molecule has 0 atom stereocenters. The summed E-state index contributed by atoms with van der Waals surface area (Å²) in [4.78, 5) is 35.7. The molecule has 0 fully saturated rings. The van der Waals surface area contributed by atoms with Gasteiger partial charge in [-0.1, -0.05) is 24.3 Å². The van der Waals surface area contributed by atoms with Crippen LogP contribution in [0.4, 0.5) is 15.8 Å². The molecule has 31 heavy (non-hydrogen) atoms. The molecule has 3 rings (SSSR count). The molecule has 9 heteroatoms. The van der Waals surface area contributed by atoms with E-state index in [2.05, 4.69) is 16.0 Å². The fourth-order valence-electron chi connectivity index (χ4n) is 2.54. The van der Waals surface area contributed by atoms with Crippen LogP contribution in [0.3, 0.4) is 0 Å². The third kappa shape index (κ3) is 7.00. The van der Waals surface area contributed by atoms with Crippen LogP contribution in [0.2, 0.25) is 0 Å². The third-order valence-electron chi connectivity index (χ3n) is 4.06. The van der Waals surface area contributed by atoms with Crippen LogP contribution in [0, 0.1) is 5.82 Å². The number of anilines is 2. The second-order valence-electron chi connectivity index (χ2n) is 6.43. The van der Waals surface area contributed by atoms with Gasteiger partial charge in [-0.05, 0) is 42.0 Å². The minimum atomic E-state index is -0.509. The summed E-state index contributed by atoms with van der Waals surface area (Å²) in [5, 5.41) is 7.94. The molecule has 3 aromatic rings. The monoisotopic (exact) mass is 441 g/mol. The molecule has 0 bridgehead atoms. The van der Waals surface area contributed by atoms with E-state index >= 15 is 0 Å². The van der Waals surface area contributed by atoms with Gasteiger partial charge in [-0.2, -0.15) is 0 Å². The highest BCUT2D eigenvalue weighted by Gasteiger charge is 2.10. The van der Waals surface area contributed by atoms with Crippen LogP contribution in [-0.4, -0.2) is 29.2 Å². The highest BCUT2D eigenvalue weighted by molar-refractivity contribution is 8.00. The van der Waals surface area contributed by atoms with E-state index in [-0.39, 0.29) is 40.7 Å². The smallest absolute Gasteiger partial charge is 0.291 e. The molecule has 1 heterocycles. The fraction of sp³-hybridized carbons (Fsp3) is 0.136. The van der Waals surface area contributed by atoms with Gasteiger partial charge in [0.15, 0.2) is 5.76 Å². The number of carbonyl (C=O) groups is 3. The lowest BCUT2D eigenvalue weighted by Crippen LogP contribution is -2.25. The lowest BCUT2D eigenvalue weighted by Gasteiger charge is -2.08. The average Bonchev–Trinajstić information content (AvgIpc) is 3.30. The fourth-order valence-corrected chi connectivity index (χ4v) is 3.19. The third-order valence-corrected chi connectivity index (χ3v) is 4.99. The Balaban J connectivity index is 1.35. The zero-order chi connectivity index (χ0) is 22.1. The summed E-state index contributed by atoms with van der Waals surface area (Å²) in [5.74, 6) is -1.11. The first-order valence-electron chi connectivity index (χ1n) is 9.34. The molecule has 0 aliphatic heterocycles. The van der Waals surface area contributed by atoms with Gasteiger partial charge in [-0.3, -0.25) is 14.4 Å². The quantitative estimate of drug-likeness (QED) is 0.471. The molecule has 0 spiro atoms. The van der Waals surface area contributed by atoms with Crippen molar-refractivity contribution in [3.63, 3.8) is 0 Å². The number of hydrogen-bond acceptors (Lipinski definition) is 5. The van der Waals surface area contributed by atoms with Crippen molar-refractivity contribution < 1.29 is 23.2 Å². The minimum Gasteiger partial charge on any atom is -0.459 e. The van der Waals surface area contributed by atoms with Gasteiger partial charge in [0, 0.05) is 12.2 Å². The molecule has 160 valence electrons. The number of para-hydroxylation sites is 1. The van der Waals surface area contributed by atoms with Crippen molar-refractivity contribution in [2.45, 2.75) is 6.54 Å². The van der Waals surface area contributed by atoms with E-state index in [9.17, 15) is 18.8 Å². The van der Waals surface area contributed by atoms with Crippen LogP contribution in [-0.2, 0) is 16.1 Å². The summed E-state index contributed by atoms with van der Waals surface area (Å²) in [6, 6.07) is 16.1. The summed E-state index contributed by atoms with van der Waals surface area (Å²) in [6.45, 7) is 0.313. The van der Waals surface area contributed by atoms with E-state index in [1.54, 1.807) is 42.5 Å². The van der Waals surface area contributed by atoms with Gasteiger partial charge in [0.05, 0.1) is 23.5 Å². The first kappa shape index (κ1) is 22.1. The Morgan fingerprint density at radius 3 is 2.32 bits per heavy atom. The lowest BCUT2D eigenvalue weighted by molar-refractivity contribution is -0.118. The van der Waals surface area contributed by atoms with Crippen molar-refractivity contribution in [2.24, 2.45) is 0 Å². The standard InChI is InChI=1S/C22H20FN3O4S/c23-17-4-1-2-5-18(17)26-21(28)14-31-13-20(27)24-12-15-7-9-16(10-8-15)25-22(29)19-6-3-11-30-19/h1-11H,12-14H2,(H,24,27)(H,25,29)(H,26,28). The van der Waals surface area contributed by atoms with Crippen LogP contribution in [0.25, 0.3) is 0 Å². The number of nitrogens with one attached hydrogen (secondary N) is 3. The molecular weight excluding hydrogens is 421 g/mol. The molecule has 1 aromatic heterocycles. The number of carbonyl (C=O) groups excluding carboxylic acids is 3. The van der Waals surface area contributed by atoms with Crippen molar-refractivity contribution >= 4 is 40.9 Å². The van der Waals surface area contributed by atoms with Gasteiger partial charge in [-0.15, -0.1) is 11.8 Å². The average molecular weight is 441 g/mol. The number of benzene rings is 2. The Kier molecular flexibility index (Phi) is 7.83. The normalized spacial score (nSPS) is 10.4. The maximum Gasteiger partial charge on any atom is 0.291 e. The molecular formula is C22H20FN3O4S. The number of furan rings is 1.